The summed E-state index contributed by atoms with van der Waals surface area (Å²) in [6.45, 7) is 13.9. The molecule has 4 aliphatic carbocycles. The summed E-state index contributed by atoms with van der Waals surface area (Å²) in [6.07, 6.45) is 17.9. The second kappa shape index (κ2) is 7.60. The minimum Gasteiger partial charge on any atom is -0.393 e. The number of allylic oxidation sites excluding steroid dienone is 3. The summed E-state index contributed by atoms with van der Waals surface area (Å²) in [4.78, 5) is 0. The van der Waals surface area contributed by atoms with Gasteiger partial charge in [-0.3, -0.25) is 0 Å². The summed E-state index contributed by atoms with van der Waals surface area (Å²) >= 11 is 0. The van der Waals surface area contributed by atoms with Crippen molar-refractivity contribution in [3.05, 3.63) is 24.3 Å². The van der Waals surface area contributed by atoms with Crippen molar-refractivity contribution < 1.29 is 5.11 Å². The van der Waals surface area contributed by atoms with E-state index in [0.29, 0.717) is 16.7 Å². The van der Waals surface area contributed by atoms with Crippen molar-refractivity contribution in [2.45, 2.75) is 98.0 Å². The highest BCUT2D eigenvalue weighted by atomic mass is 16.3. The molecule has 4 saturated carbocycles. The minimum absolute atomic E-state index is 0.0221. The molecule has 0 aromatic heterocycles. The van der Waals surface area contributed by atoms with Crippen molar-refractivity contribution in [2.24, 2.45) is 46.3 Å². The van der Waals surface area contributed by atoms with E-state index in [0.717, 1.165) is 48.9 Å². The van der Waals surface area contributed by atoms with E-state index in [9.17, 15) is 5.11 Å². The quantitative estimate of drug-likeness (QED) is 0.510. The minimum atomic E-state index is -0.0221. The maximum Gasteiger partial charge on any atom is 0.0543 e. The Morgan fingerprint density at radius 2 is 1.75 bits per heavy atom. The Balaban J connectivity index is 1.50. The second-order valence-electron chi connectivity index (χ2n) is 11.8. The monoisotopic (exact) mass is 384 g/mol. The Morgan fingerprint density at radius 1 is 1.04 bits per heavy atom. The molecule has 0 heterocycles. The summed E-state index contributed by atoms with van der Waals surface area (Å²) in [5.74, 6) is 5.15. The molecule has 4 rings (SSSR count). The van der Waals surface area contributed by atoms with Crippen LogP contribution in [0.15, 0.2) is 24.3 Å². The van der Waals surface area contributed by atoms with Crippen molar-refractivity contribution in [1.29, 1.82) is 0 Å². The van der Waals surface area contributed by atoms with Gasteiger partial charge in [0.25, 0.3) is 0 Å². The van der Waals surface area contributed by atoms with Crippen LogP contribution in [0.2, 0.25) is 0 Å². The highest BCUT2D eigenvalue weighted by Gasteiger charge is 2.60. The number of hydrogen-bond acceptors (Lipinski definition) is 1. The molecule has 4 fully saturated rings. The fourth-order valence-electron chi connectivity index (χ4n) is 8.76. The van der Waals surface area contributed by atoms with Gasteiger partial charge in [0.2, 0.25) is 0 Å². The maximum absolute atomic E-state index is 10.2. The van der Waals surface area contributed by atoms with Crippen molar-refractivity contribution >= 4 is 0 Å². The van der Waals surface area contributed by atoms with Crippen LogP contribution in [0.5, 0.6) is 0 Å². The van der Waals surface area contributed by atoms with Gasteiger partial charge in [0.1, 0.15) is 0 Å². The highest BCUT2D eigenvalue weighted by molar-refractivity contribution is 5.11. The summed E-state index contributed by atoms with van der Waals surface area (Å²) in [5, 5.41) is 10.2. The lowest BCUT2D eigenvalue weighted by molar-refractivity contribution is -0.128. The van der Waals surface area contributed by atoms with Crippen LogP contribution in [0.25, 0.3) is 0 Å². The molecular formula is C27H44O. The van der Waals surface area contributed by atoms with Crippen LogP contribution in [-0.2, 0) is 0 Å². The Hall–Kier alpha value is -0.560. The van der Waals surface area contributed by atoms with Gasteiger partial charge in [-0.2, -0.15) is 0 Å². The van der Waals surface area contributed by atoms with Crippen LogP contribution in [-0.4, -0.2) is 11.2 Å². The zero-order valence-corrected chi connectivity index (χ0v) is 18.9. The van der Waals surface area contributed by atoms with Crippen LogP contribution >= 0.6 is 0 Å². The molecular weight excluding hydrogens is 340 g/mol. The van der Waals surface area contributed by atoms with Gasteiger partial charge in [0.15, 0.2) is 0 Å². The largest absolute Gasteiger partial charge is 0.393 e. The van der Waals surface area contributed by atoms with Crippen LogP contribution < -0.4 is 0 Å². The fraction of sp³-hybridized carbons (Fsp3) is 0.852. The van der Waals surface area contributed by atoms with E-state index in [1.54, 1.807) is 0 Å². The normalized spacial score (nSPS) is 49.3. The molecule has 28 heavy (non-hydrogen) atoms. The molecule has 0 aromatic rings. The van der Waals surface area contributed by atoms with E-state index in [4.69, 9.17) is 0 Å². The molecule has 0 unspecified atom stereocenters. The first-order valence-corrected chi connectivity index (χ1v) is 12.2. The first-order chi connectivity index (χ1) is 13.3. The van der Waals surface area contributed by atoms with E-state index in [1.165, 1.54) is 50.5 Å². The lowest BCUT2D eigenvalue weighted by atomic mass is 9.44. The Kier molecular flexibility index (Phi) is 5.62. The predicted molar refractivity (Wildman–Crippen MR) is 119 cm³/mol. The SMILES string of the molecule is C=C(C)C/C=C/[C@@H](C)[C@H]1CC[C@H]2[C@@H]3CC[C@H]4C[C@@H](O)CC[C@]4(C)[C@H]3CC[C@]12C. The Morgan fingerprint density at radius 3 is 2.50 bits per heavy atom. The molecule has 0 amide bonds. The first-order valence-electron chi connectivity index (χ1n) is 12.2. The Labute approximate surface area is 174 Å². The average Bonchev–Trinajstić information content (AvgIpc) is 2.99. The van der Waals surface area contributed by atoms with Gasteiger partial charge in [-0.25, -0.2) is 0 Å². The number of hydrogen-bond donors (Lipinski definition) is 1. The van der Waals surface area contributed by atoms with E-state index >= 15 is 0 Å². The number of aliphatic hydroxyl groups is 1. The van der Waals surface area contributed by atoms with E-state index in [2.05, 4.69) is 46.4 Å². The van der Waals surface area contributed by atoms with Gasteiger partial charge in [-0.05, 0) is 117 Å². The molecule has 158 valence electrons. The third kappa shape index (κ3) is 3.34. The molecule has 0 saturated heterocycles. The molecule has 0 spiro atoms. The third-order valence-corrected chi connectivity index (χ3v) is 10.3. The van der Waals surface area contributed by atoms with Crippen molar-refractivity contribution in [3.63, 3.8) is 0 Å². The van der Waals surface area contributed by atoms with Gasteiger partial charge in [-0.1, -0.05) is 45.1 Å². The zero-order valence-electron chi connectivity index (χ0n) is 18.9. The number of aliphatic hydroxyl groups excluding tert-OH is 1. The van der Waals surface area contributed by atoms with Gasteiger partial charge in [-0.15, -0.1) is 0 Å². The smallest absolute Gasteiger partial charge is 0.0543 e. The summed E-state index contributed by atoms with van der Waals surface area (Å²) in [6, 6.07) is 0. The highest BCUT2D eigenvalue weighted by Crippen LogP contribution is 2.68. The molecule has 0 radical (unpaired) electrons. The molecule has 9 atom stereocenters. The van der Waals surface area contributed by atoms with Crippen LogP contribution in [0.1, 0.15) is 91.9 Å². The average molecular weight is 385 g/mol. The van der Waals surface area contributed by atoms with Crippen LogP contribution in [0, 0.1) is 46.3 Å². The lowest BCUT2D eigenvalue weighted by Crippen LogP contribution is -2.54. The topological polar surface area (TPSA) is 20.2 Å². The van der Waals surface area contributed by atoms with Crippen molar-refractivity contribution in [1.82, 2.24) is 0 Å². The van der Waals surface area contributed by atoms with E-state index in [-0.39, 0.29) is 6.10 Å². The van der Waals surface area contributed by atoms with Gasteiger partial charge >= 0.3 is 0 Å². The van der Waals surface area contributed by atoms with Crippen molar-refractivity contribution in [3.8, 4) is 0 Å². The standard InChI is InChI=1S/C27H44O/c1-18(2)7-6-8-19(3)23-11-12-24-22-10-9-20-17-21(28)13-15-26(20,4)25(22)14-16-27(23,24)5/h6,8,19-25,28H,1,7,9-17H2,2-5H3/b8-6+/t19-,20+,21+,22+,23-,24+,25+,26+,27-/m1/s1. The molecule has 1 N–H and O–H groups in total. The van der Waals surface area contributed by atoms with Crippen LogP contribution in [0.3, 0.4) is 0 Å². The van der Waals surface area contributed by atoms with E-state index < -0.39 is 0 Å². The molecule has 4 aliphatic rings. The number of rotatable bonds is 4. The fourth-order valence-corrected chi connectivity index (χ4v) is 8.76. The third-order valence-electron chi connectivity index (χ3n) is 10.3. The Bertz CT molecular complexity index is 620. The molecule has 1 heteroatoms. The zero-order chi connectivity index (χ0) is 20.1. The molecule has 0 aromatic carbocycles. The molecule has 1 nitrogen and oxygen atoms in total. The summed E-state index contributed by atoms with van der Waals surface area (Å²) < 4.78 is 0. The first kappa shape index (κ1) is 20.7. The maximum atomic E-state index is 10.2. The van der Waals surface area contributed by atoms with Crippen LogP contribution in [0.4, 0.5) is 0 Å². The number of fused-ring (bicyclic) bond motifs is 5. The van der Waals surface area contributed by atoms with Gasteiger partial charge in [0.05, 0.1) is 6.10 Å². The summed E-state index contributed by atoms with van der Waals surface area (Å²) in [7, 11) is 0. The predicted octanol–water partition coefficient (Wildman–Crippen LogP) is 7.16. The van der Waals surface area contributed by atoms with Gasteiger partial charge < -0.3 is 5.11 Å². The second-order valence-corrected chi connectivity index (χ2v) is 11.8. The molecule has 0 aliphatic heterocycles. The van der Waals surface area contributed by atoms with Crippen molar-refractivity contribution in [2.75, 3.05) is 0 Å². The molecule has 0 bridgehead atoms. The van der Waals surface area contributed by atoms with E-state index in [1.807, 2.05) is 0 Å². The lowest BCUT2D eigenvalue weighted by Gasteiger charge is -2.61. The summed E-state index contributed by atoms with van der Waals surface area (Å²) in [5.41, 5.74) is 2.32. The van der Waals surface area contributed by atoms with Gasteiger partial charge in [0, 0.05) is 0 Å².